The lowest BCUT2D eigenvalue weighted by atomic mass is 9.74. The lowest BCUT2D eigenvalue weighted by molar-refractivity contribution is -0.150. The minimum atomic E-state index is -0.923. The number of carboxylic acid groups (broad SMARTS) is 1. The molecular weight excluding hydrogens is 350 g/mol. The Kier molecular flexibility index (Phi) is 5.16. The summed E-state index contributed by atoms with van der Waals surface area (Å²) < 4.78 is 1.09. The molecule has 0 unspecified atom stereocenters. The fourth-order valence-electron chi connectivity index (χ4n) is 3.73. The highest BCUT2D eigenvalue weighted by atomic mass is 16.4. The van der Waals surface area contributed by atoms with Crippen LogP contribution in [-0.2, 0) is 11.3 Å². The lowest BCUT2D eigenvalue weighted by Gasteiger charge is -2.33. The molecule has 1 aliphatic rings. The smallest absolute Gasteiger partial charge is 0.328 e. The van der Waals surface area contributed by atoms with Gasteiger partial charge in [-0.05, 0) is 38.0 Å². The maximum atomic E-state index is 12.5. The van der Waals surface area contributed by atoms with E-state index in [4.69, 9.17) is 0 Å². The number of amides is 1. The van der Waals surface area contributed by atoms with E-state index in [2.05, 4.69) is 10.3 Å². The van der Waals surface area contributed by atoms with Gasteiger partial charge in [0.2, 0.25) is 0 Å². The number of carboxylic acids is 1. The quantitative estimate of drug-likeness (QED) is 0.733. The zero-order chi connectivity index (χ0) is 19.6. The van der Waals surface area contributed by atoms with E-state index >= 15 is 0 Å². The second kappa shape index (κ2) is 7.38. The van der Waals surface area contributed by atoms with Crippen LogP contribution in [0.2, 0.25) is 0 Å². The molecule has 8 heteroatoms. The molecule has 1 aromatic carbocycles. The van der Waals surface area contributed by atoms with Crippen LogP contribution in [0.3, 0.4) is 0 Å². The highest BCUT2D eigenvalue weighted by molar-refractivity contribution is 5.97. The first-order chi connectivity index (χ1) is 12.9. The number of H-pyrrole nitrogens is 1. The van der Waals surface area contributed by atoms with E-state index in [0.29, 0.717) is 18.2 Å². The molecule has 1 heterocycles. The number of nitrogens with one attached hydrogen (secondary N) is 2. The SMILES string of the molecule is CCn1c(=O)[nH]c2cc(C(=O)NCC3(C(=O)O)CCCCC3)ccc2c1=O. The van der Waals surface area contributed by atoms with Crippen LogP contribution in [-0.4, -0.2) is 33.1 Å². The molecule has 144 valence electrons. The van der Waals surface area contributed by atoms with Gasteiger partial charge in [-0.2, -0.15) is 0 Å². The molecule has 0 atom stereocenters. The van der Waals surface area contributed by atoms with Gasteiger partial charge in [0.15, 0.2) is 0 Å². The molecule has 2 aromatic rings. The minimum absolute atomic E-state index is 0.0627. The van der Waals surface area contributed by atoms with Crippen molar-refractivity contribution in [3.8, 4) is 0 Å². The van der Waals surface area contributed by atoms with Gasteiger partial charge < -0.3 is 15.4 Å². The number of hydrogen-bond donors (Lipinski definition) is 3. The monoisotopic (exact) mass is 373 g/mol. The third-order valence-corrected chi connectivity index (χ3v) is 5.41. The molecule has 8 nitrogen and oxygen atoms in total. The predicted octanol–water partition coefficient (Wildman–Crippen LogP) is 1.47. The maximum absolute atomic E-state index is 12.5. The number of rotatable bonds is 5. The van der Waals surface area contributed by atoms with Crippen LogP contribution in [0.15, 0.2) is 27.8 Å². The van der Waals surface area contributed by atoms with Gasteiger partial charge in [-0.1, -0.05) is 19.3 Å². The molecule has 0 radical (unpaired) electrons. The molecule has 1 fully saturated rings. The van der Waals surface area contributed by atoms with Crippen LogP contribution in [0, 0.1) is 5.41 Å². The maximum Gasteiger partial charge on any atom is 0.328 e. The highest BCUT2D eigenvalue weighted by Gasteiger charge is 2.39. The summed E-state index contributed by atoms with van der Waals surface area (Å²) in [6.45, 7) is 2.02. The topological polar surface area (TPSA) is 121 Å². The second-order valence-electron chi connectivity index (χ2n) is 7.07. The molecule has 3 N–H and O–H groups in total. The average Bonchev–Trinajstić information content (AvgIpc) is 2.66. The number of benzene rings is 1. The van der Waals surface area contributed by atoms with Crippen molar-refractivity contribution in [2.75, 3.05) is 6.54 Å². The number of carbonyl (C=O) groups excluding carboxylic acids is 1. The Morgan fingerprint density at radius 1 is 1.22 bits per heavy atom. The van der Waals surface area contributed by atoms with Gasteiger partial charge in [0.05, 0.1) is 16.3 Å². The van der Waals surface area contributed by atoms with Crippen molar-refractivity contribution in [1.29, 1.82) is 0 Å². The van der Waals surface area contributed by atoms with Crippen LogP contribution >= 0.6 is 0 Å². The average molecular weight is 373 g/mol. The van der Waals surface area contributed by atoms with Crippen molar-refractivity contribution in [1.82, 2.24) is 14.9 Å². The van der Waals surface area contributed by atoms with Crippen LogP contribution in [0.1, 0.15) is 49.4 Å². The van der Waals surface area contributed by atoms with Crippen molar-refractivity contribution in [3.63, 3.8) is 0 Å². The number of hydrogen-bond acceptors (Lipinski definition) is 4. The normalized spacial score (nSPS) is 16.2. The number of nitrogens with zero attached hydrogens (tertiary/aromatic N) is 1. The first-order valence-corrected chi connectivity index (χ1v) is 9.16. The Balaban J connectivity index is 1.84. The first kappa shape index (κ1) is 18.9. The van der Waals surface area contributed by atoms with Gasteiger partial charge in [-0.25, -0.2) is 4.79 Å². The van der Waals surface area contributed by atoms with E-state index in [9.17, 15) is 24.3 Å². The number of carbonyl (C=O) groups is 2. The Labute approximate surface area is 155 Å². The number of aliphatic carboxylic acids is 1. The van der Waals surface area contributed by atoms with E-state index < -0.39 is 28.5 Å². The second-order valence-corrected chi connectivity index (χ2v) is 7.07. The standard InChI is InChI=1S/C19H23N3O5/c1-2-22-16(24)13-7-6-12(10-14(13)21-18(22)27)15(23)20-11-19(17(25)26)8-4-3-5-9-19/h6-7,10H,2-5,8-9,11H2,1H3,(H,20,23)(H,21,27)(H,25,26). The van der Waals surface area contributed by atoms with E-state index in [-0.39, 0.29) is 24.2 Å². The van der Waals surface area contributed by atoms with Gasteiger partial charge >= 0.3 is 11.7 Å². The van der Waals surface area contributed by atoms with E-state index in [1.807, 2.05) is 0 Å². The Morgan fingerprint density at radius 3 is 2.56 bits per heavy atom. The van der Waals surface area contributed by atoms with Crippen molar-refractivity contribution in [2.24, 2.45) is 5.41 Å². The highest BCUT2D eigenvalue weighted by Crippen LogP contribution is 2.36. The molecule has 1 aliphatic carbocycles. The van der Waals surface area contributed by atoms with E-state index in [1.165, 1.54) is 18.2 Å². The van der Waals surface area contributed by atoms with Crippen molar-refractivity contribution in [3.05, 3.63) is 44.6 Å². The van der Waals surface area contributed by atoms with Gasteiger partial charge in [-0.3, -0.25) is 19.0 Å². The van der Waals surface area contributed by atoms with Gasteiger partial charge in [0.1, 0.15) is 0 Å². The zero-order valence-corrected chi connectivity index (χ0v) is 15.2. The Morgan fingerprint density at radius 2 is 1.93 bits per heavy atom. The Hall–Kier alpha value is -2.90. The van der Waals surface area contributed by atoms with Crippen molar-refractivity contribution >= 4 is 22.8 Å². The fourth-order valence-corrected chi connectivity index (χ4v) is 3.73. The molecular formula is C19H23N3O5. The molecule has 0 saturated heterocycles. The summed E-state index contributed by atoms with van der Waals surface area (Å²) in [6.07, 6.45) is 3.77. The molecule has 1 saturated carbocycles. The zero-order valence-electron chi connectivity index (χ0n) is 15.2. The molecule has 3 rings (SSSR count). The van der Waals surface area contributed by atoms with Crippen LogP contribution < -0.4 is 16.6 Å². The van der Waals surface area contributed by atoms with Crippen LogP contribution in [0.5, 0.6) is 0 Å². The summed E-state index contributed by atoms with van der Waals surface area (Å²) in [7, 11) is 0. The van der Waals surface area contributed by atoms with Gasteiger partial charge in [0.25, 0.3) is 11.5 Å². The summed E-state index contributed by atoms with van der Waals surface area (Å²) in [5, 5.41) is 12.6. The van der Waals surface area contributed by atoms with E-state index in [0.717, 1.165) is 23.8 Å². The third-order valence-electron chi connectivity index (χ3n) is 5.41. The molecule has 27 heavy (non-hydrogen) atoms. The summed E-state index contributed by atoms with van der Waals surface area (Å²) in [5.41, 5.74) is -1.31. The van der Waals surface area contributed by atoms with Gasteiger partial charge in [-0.15, -0.1) is 0 Å². The van der Waals surface area contributed by atoms with Crippen LogP contribution in [0.25, 0.3) is 10.9 Å². The summed E-state index contributed by atoms with van der Waals surface area (Å²) >= 11 is 0. The van der Waals surface area contributed by atoms with Crippen LogP contribution in [0.4, 0.5) is 0 Å². The summed E-state index contributed by atoms with van der Waals surface area (Å²) in [4.78, 5) is 51.1. The third kappa shape index (κ3) is 3.51. The number of aromatic amines is 1. The van der Waals surface area contributed by atoms with Crippen molar-refractivity contribution in [2.45, 2.75) is 45.6 Å². The van der Waals surface area contributed by atoms with Crippen molar-refractivity contribution < 1.29 is 14.7 Å². The molecule has 1 aromatic heterocycles. The predicted molar refractivity (Wildman–Crippen MR) is 100.0 cm³/mol. The summed E-state index contributed by atoms with van der Waals surface area (Å²) in [6, 6.07) is 4.45. The largest absolute Gasteiger partial charge is 0.481 e. The minimum Gasteiger partial charge on any atom is -0.481 e. The lowest BCUT2D eigenvalue weighted by Crippen LogP contribution is -2.44. The van der Waals surface area contributed by atoms with Gasteiger partial charge in [0, 0.05) is 18.7 Å². The molecule has 0 spiro atoms. The van der Waals surface area contributed by atoms with E-state index in [1.54, 1.807) is 6.92 Å². The molecule has 0 bridgehead atoms. The Bertz CT molecular complexity index is 999. The fraction of sp³-hybridized carbons (Fsp3) is 0.474. The summed E-state index contributed by atoms with van der Waals surface area (Å²) in [5.74, 6) is -1.31. The molecule has 1 amide bonds. The number of fused-ring (bicyclic) bond motifs is 1. The number of aromatic nitrogens is 2. The first-order valence-electron chi connectivity index (χ1n) is 9.16. The molecule has 0 aliphatic heterocycles.